The van der Waals surface area contributed by atoms with Crippen LogP contribution in [-0.4, -0.2) is 19.6 Å². The SMILES string of the molecule is COc1ccc(CNC(=O)CCCOc2ccccc2)cc1. The van der Waals surface area contributed by atoms with Gasteiger partial charge >= 0.3 is 0 Å². The topological polar surface area (TPSA) is 47.6 Å². The first-order valence-electron chi connectivity index (χ1n) is 7.35. The monoisotopic (exact) mass is 299 g/mol. The Morgan fingerprint density at radius 1 is 1.00 bits per heavy atom. The molecule has 0 aliphatic carbocycles. The lowest BCUT2D eigenvalue weighted by Crippen LogP contribution is -2.22. The van der Waals surface area contributed by atoms with E-state index in [1.54, 1.807) is 7.11 Å². The van der Waals surface area contributed by atoms with Gasteiger partial charge < -0.3 is 14.8 Å². The van der Waals surface area contributed by atoms with E-state index >= 15 is 0 Å². The molecule has 0 aliphatic rings. The van der Waals surface area contributed by atoms with Crippen LogP contribution in [0.4, 0.5) is 0 Å². The lowest BCUT2D eigenvalue weighted by Gasteiger charge is -2.07. The van der Waals surface area contributed by atoms with Gasteiger partial charge in [-0.05, 0) is 36.2 Å². The molecule has 0 spiro atoms. The lowest BCUT2D eigenvalue weighted by molar-refractivity contribution is -0.121. The molecule has 116 valence electrons. The Morgan fingerprint density at radius 2 is 1.73 bits per heavy atom. The average Bonchev–Trinajstić information content (AvgIpc) is 2.58. The molecule has 2 aromatic rings. The number of rotatable bonds is 8. The summed E-state index contributed by atoms with van der Waals surface area (Å²) in [6, 6.07) is 17.3. The third-order valence-corrected chi connectivity index (χ3v) is 3.21. The molecule has 0 aliphatic heterocycles. The van der Waals surface area contributed by atoms with Gasteiger partial charge in [0, 0.05) is 13.0 Å². The first kappa shape index (κ1) is 15.9. The highest BCUT2D eigenvalue weighted by molar-refractivity contribution is 5.75. The average molecular weight is 299 g/mol. The Balaban J connectivity index is 1.61. The van der Waals surface area contributed by atoms with Crippen LogP contribution < -0.4 is 14.8 Å². The number of carbonyl (C=O) groups excluding carboxylic acids is 1. The number of nitrogens with one attached hydrogen (secondary N) is 1. The fraction of sp³-hybridized carbons (Fsp3) is 0.278. The van der Waals surface area contributed by atoms with Gasteiger partial charge in [-0.2, -0.15) is 0 Å². The molecule has 0 saturated carbocycles. The summed E-state index contributed by atoms with van der Waals surface area (Å²) in [6.45, 7) is 1.07. The Bertz CT molecular complexity index is 567. The van der Waals surface area contributed by atoms with Crippen molar-refractivity contribution in [3.63, 3.8) is 0 Å². The van der Waals surface area contributed by atoms with Crippen molar-refractivity contribution in [1.29, 1.82) is 0 Å². The maximum atomic E-state index is 11.8. The first-order valence-corrected chi connectivity index (χ1v) is 7.35. The smallest absolute Gasteiger partial charge is 0.220 e. The normalized spacial score (nSPS) is 10.0. The second kappa shape index (κ2) is 8.72. The maximum absolute atomic E-state index is 11.8. The summed E-state index contributed by atoms with van der Waals surface area (Å²) in [5, 5.41) is 2.90. The van der Waals surface area contributed by atoms with Crippen molar-refractivity contribution in [3.05, 3.63) is 60.2 Å². The highest BCUT2D eigenvalue weighted by Gasteiger charge is 2.02. The molecule has 0 saturated heterocycles. The van der Waals surface area contributed by atoms with Crippen LogP contribution in [-0.2, 0) is 11.3 Å². The molecular weight excluding hydrogens is 278 g/mol. The van der Waals surface area contributed by atoms with Crippen molar-refractivity contribution < 1.29 is 14.3 Å². The summed E-state index contributed by atoms with van der Waals surface area (Å²) >= 11 is 0. The van der Waals surface area contributed by atoms with Gasteiger partial charge in [-0.15, -0.1) is 0 Å². The number of ether oxygens (including phenoxy) is 2. The van der Waals surface area contributed by atoms with Crippen molar-refractivity contribution >= 4 is 5.91 Å². The van der Waals surface area contributed by atoms with Gasteiger partial charge in [-0.25, -0.2) is 0 Å². The third kappa shape index (κ3) is 5.48. The zero-order chi connectivity index (χ0) is 15.6. The Kier molecular flexibility index (Phi) is 6.30. The molecule has 2 rings (SSSR count). The molecule has 2 aromatic carbocycles. The zero-order valence-electron chi connectivity index (χ0n) is 12.7. The highest BCUT2D eigenvalue weighted by Crippen LogP contribution is 2.11. The largest absolute Gasteiger partial charge is 0.497 e. The molecule has 0 unspecified atom stereocenters. The number of para-hydroxylation sites is 1. The number of methoxy groups -OCH3 is 1. The standard InChI is InChI=1S/C18H21NO3/c1-21-16-11-9-15(10-12-16)14-19-18(20)8-5-13-22-17-6-3-2-4-7-17/h2-4,6-7,9-12H,5,8,13-14H2,1H3,(H,19,20). The minimum atomic E-state index is 0.0347. The van der Waals surface area contributed by atoms with Gasteiger partial charge in [-0.1, -0.05) is 30.3 Å². The molecule has 4 nitrogen and oxygen atoms in total. The molecule has 1 N–H and O–H groups in total. The molecule has 0 bridgehead atoms. The van der Waals surface area contributed by atoms with Gasteiger partial charge in [0.05, 0.1) is 13.7 Å². The van der Waals surface area contributed by atoms with Gasteiger partial charge in [0.15, 0.2) is 0 Å². The quantitative estimate of drug-likeness (QED) is 0.762. The Hall–Kier alpha value is -2.49. The summed E-state index contributed by atoms with van der Waals surface area (Å²) in [6.07, 6.45) is 1.16. The molecule has 0 radical (unpaired) electrons. The minimum Gasteiger partial charge on any atom is -0.497 e. The predicted molar refractivity (Wildman–Crippen MR) is 86.0 cm³/mol. The van der Waals surface area contributed by atoms with E-state index in [0.29, 0.717) is 26.0 Å². The molecule has 22 heavy (non-hydrogen) atoms. The fourth-order valence-corrected chi connectivity index (χ4v) is 1.97. The van der Waals surface area contributed by atoms with Gasteiger partial charge in [0.25, 0.3) is 0 Å². The summed E-state index contributed by atoms with van der Waals surface area (Å²) < 4.78 is 10.6. The fourth-order valence-electron chi connectivity index (χ4n) is 1.97. The summed E-state index contributed by atoms with van der Waals surface area (Å²) in [7, 11) is 1.63. The van der Waals surface area contributed by atoms with Crippen molar-refractivity contribution in [1.82, 2.24) is 5.32 Å². The van der Waals surface area contributed by atoms with E-state index in [-0.39, 0.29) is 5.91 Å². The van der Waals surface area contributed by atoms with Crippen LogP contribution >= 0.6 is 0 Å². The number of hydrogen-bond acceptors (Lipinski definition) is 3. The molecule has 1 amide bonds. The second-order valence-corrected chi connectivity index (χ2v) is 4.89. The van der Waals surface area contributed by atoms with Crippen molar-refractivity contribution in [2.75, 3.05) is 13.7 Å². The number of benzene rings is 2. The van der Waals surface area contributed by atoms with Crippen molar-refractivity contribution in [2.45, 2.75) is 19.4 Å². The Morgan fingerprint density at radius 3 is 2.41 bits per heavy atom. The van der Waals surface area contributed by atoms with Crippen LogP contribution in [0.25, 0.3) is 0 Å². The van der Waals surface area contributed by atoms with Crippen LogP contribution in [0.3, 0.4) is 0 Å². The predicted octanol–water partition coefficient (Wildman–Crippen LogP) is 3.17. The van der Waals surface area contributed by atoms with Crippen LogP contribution in [0.15, 0.2) is 54.6 Å². The van der Waals surface area contributed by atoms with Crippen molar-refractivity contribution in [3.8, 4) is 11.5 Å². The molecule has 0 fully saturated rings. The molecule has 0 heterocycles. The van der Waals surface area contributed by atoms with E-state index in [1.807, 2.05) is 54.6 Å². The van der Waals surface area contributed by atoms with E-state index < -0.39 is 0 Å². The maximum Gasteiger partial charge on any atom is 0.220 e. The number of hydrogen-bond donors (Lipinski definition) is 1. The van der Waals surface area contributed by atoms with Crippen LogP contribution in [0.2, 0.25) is 0 Å². The van der Waals surface area contributed by atoms with Gasteiger partial charge in [0.1, 0.15) is 11.5 Å². The zero-order valence-corrected chi connectivity index (χ0v) is 12.7. The van der Waals surface area contributed by atoms with Crippen LogP contribution in [0.5, 0.6) is 11.5 Å². The number of carbonyl (C=O) groups is 1. The van der Waals surface area contributed by atoms with Gasteiger partial charge in [0.2, 0.25) is 5.91 Å². The molecule has 4 heteroatoms. The summed E-state index contributed by atoms with van der Waals surface area (Å²) in [4.78, 5) is 11.8. The highest BCUT2D eigenvalue weighted by atomic mass is 16.5. The lowest BCUT2D eigenvalue weighted by atomic mass is 10.2. The Labute approximate surface area is 131 Å². The summed E-state index contributed by atoms with van der Waals surface area (Å²) in [5.41, 5.74) is 1.05. The molecule has 0 atom stereocenters. The number of amides is 1. The second-order valence-electron chi connectivity index (χ2n) is 4.89. The van der Waals surface area contributed by atoms with E-state index in [4.69, 9.17) is 9.47 Å². The summed E-state index contributed by atoms with van der Waals surface area (Å²) in [5.74, 6) is 1.68. The van der Waals surface area contributed by atoms with Crippen LogP contribution in [0, 0.1) is 0 Å². The van der Waals surface area contributed by atoms with Crippen molar-refractivity contribution in [2.24, 2.45) is 0 Å². The van der Waals surface area contributed by atoms with Gasteiger partial charge in [-0.3, -0.25) is 4.79 Å². The molecular formula is C18H21NO3. The van der Waals surface area contributed by atoms with E-state index in [1.165, 1.54) is 0 Å². The van der Waals surface area contributed by atoms with Crippen LogP contribution in [0.1, 0.15) is 18.4 Å². The van der Waals surface area contributed by atoms with E-state index in [2.05, 4.69) is 5.32 Å². The van der Waals surface area contributed by atoms with E-state index in [9.17, 15) is 4.79 Å². The van der Waals surface area contributed by atoms with E-state index in [0.717, 1.165) is 17.1 Å². The first-order chi connectivity index (χ1) is 10.8. The molecule has 0 aromatic heterocycles. The third-order valence-electron chi connectivity index (χ3n) is 3.21. The minimum absolute atomic E-state index is 0.0347.